The van der Waals surface area contributed by atoms with Crippen molar-refractivity contribution in [2.24, 2.45) is 11.8 Å². The van der Waals surface area contributed by atoms with E-state index in [2.05, 4.69) is 27.8 Å². The highest BCUT2D eigenvalue weighted by Crippen LogP contribution is 2.49. The normalized spacial score (nSPS) is 33.0. The standard InChI is InChI=1S/C21H30N2OS/c1-4-11-23(12-5-1)25-16-8-9-19-18(14-16)21-17(10-13-24-21)20(22-19)15-6-2-3-7-15/h8-9,14-15,17,20-22H,1-7,10-13H2/t17-,20+,21-/m0/s1. The van der Waals surface area contributed by atoms with Gasteiger partial charge in [-0.15, -0.1) is 0 Å². The number of rotatable bonds is 3. The van der Waals surface area contributed by atoms with Gasteiger partial charge in [-0.2, -0.15) is 0 Å². The number of fused-ring (bicyclic) bond motifs is 3. The van der Waals surface area contributed by atoms with Crippen LogP contribution in [-0.2, 0) is 4.74 Å². The Morgan fingerprint density at radius 2 is 1.84 bits per heavy atom. The van der Waals surface area contributed by atoms with Gasteiger partial charge in [0.15, 0.2) is 0 Å². The van der Waals surface area contributed by atoms with Gasteiger partial charge in [-0.1, -0.05) is 19.3 Å². The van der Waals surface area contributed by atoms with Crippen molar-refractivity contribution in [1.29, 1.82) is 0 Å². The van der Waals surface area contributed by atoms with Gasteiger partial charge in [0, 0.05) is 47.8 Å². The van der Waals surface area contributed by atoms with E-state index < -0.39 is 0 Å². The Morgan fingerprint density at radius 1 is 1.00 bits per heavy atom. The van der Waals surface area contributed by atoms with Crippen LogP contribution >= 0.6 is 11.9 Å². The summed E-state index contributed by atoms with van der Waals surface area (Å²) >= 11 is 1.95. The first-order valence-electron chi connectivity index (χ1n) is 10.3. The minimum Gasteiger partial charge on any atom is -0.381 e. The van der Waals surface area contributed by atoms with Crippen LogP contribution < -0.4 is 5.32 Å². The van der Waals surface area contributed by atoms with Crippen molar-refractivity contribution in [3.05, 3.63) is 23.8 Å². The van der Waals surface area contributed by atoms with Crippen molar-refractivity contribution in [1.82, 2.24) is 4.31 Å². The first kappa shape index (κ1) is 16.5. The van der Waals surface area contributed by atoms with E-state index in [-0.39, 0.29) is 0 Å². The SMILES string of the molecule is c1cc2c(cc1SN1CCCCC1)[C@H]1OCC[C@H]1[C@@H](C1CCCC1)N2. The molecule has 0 aromatic heterocycles. The summed E-state index contributed by atoms with van der Waals surface area (Å²) in [5.41, 5.74) is 2.75. The van der Waals surface area contributed by atoms with Crippen molar-refractivity contribution < 1.29 is 4.74 Å². The van der Waals surface area contributed by atoms with Gasteiger partial charge in [0.25, 0.3) is 0 Å². The molecular formula is C21H30N2OS. The van der Waals surface area contributed by atoms with Gasteiger partial charge in [-0.3, -0.25) is 0 Å². The molecule has 1 aliphatic carbocycles. The molecule has 1 aromatic rings. The Morgan fingerprint density at radius 3 is 2.68 bits per heavy atom. The monoisotopic (exact) mass is 358 g/mol. The molecule has 5 rings (SSSR count). The number of anilines is 1. The molecule has 3 nitrogen and oxygen atoms in total. The van der Waals surface area contributed by atoms with Crippen LogP contribution in [0.3, 0.4) is 0 Å². The third-order valence-corrected chi connectivity index (χ3v) is 7.80. The maximum absolute atomic E-state index is 6.26. The zero-order chi connectivity index (χ0) is 16.6. The molecule has 3 fully saturated rings. The quantitative estimate of drug-likeness (QED) is 0.747. The van der Waals surface area contributed by atoms with E-state index in [0.29, 0.717) is 18.1 Å². The summed E-state index contributed by atoms with van der Waals surface area (Å²) in [4.78, 5) is 1.39. The van der Waals surface area contributed by atoms with Gasteiger partial charge in [-0.25, -0.2) is 4.31 Å². The van der Waals surface area contributed by atoms with E-state index in [1.54, 1.807) is 0 Å². The number of nitrogens with one attached hydrogen (secondary N) is 1. The van der Waals surface area contributed by atoms with Crippen molar-refractivity contribution in [3.8, 4) is 0 Å². The van der Waals surface area contributed by atoms with Crippen LogP contribution in [0.2, 0.25) is 0 Å². The summed E-state index contributed by atoms with van der Waals surface area (Å²) in [5.74, 6) is 1.52. The highest BCUT2D eigenvalue weighted by Gasteiger charge is 2.44. The Kier molecular flexibility index (Phi) is 4.69. The van der Waals surface area contributed by atoms with Crippen LogP contribution in [0.4, 0.5) is 5.69 Å². The summed E-state index contributed by atoms with van der Waals surface area (Å²) in [6.45, 7) is 3.39. The molecule has 0 unspecified atom stereocenters. The topological polar surface area (TPSA) is 24.5 Å². The number of nitrogens with zero attached hydrogens (tertiary/aromatic N) is 1. The third-order valence-electron chi connectivity index (χ3n) is 6.71. The third kappa shape index (κ3) is 3.22. The van der Waals surface area contributed by atoms with Gasteiger partial charge < -0.3 is 10.1 Å². The summed E-state index contributed by atoms with van der Waals surface area (Å²) in [7, 11) is 0. The predicted molar refractivity (Wildman–Crippen MR) is 104 cm³/mol. The highest BCUT2D eigenvalue weighted by atomic mass is 32.2. The second-order valence-electron chi connectivity index (χ2n) is 8.29. The summed E-state index contributed by atoms with van der Waals surface area (Å²) in [6, 6.07) is 7.67. The van der Waals surface area contributed by atoms with Crippen LogP contribution in [0.25, 0.3) is 0 Å². The summed E-state index contributed by atoms with van der Waals surface area (Å²) in [5, 5.41) is 3.94. The molecule has 0 spiro atoms. The lowest BCUT2D eigenvalue weighted by Crippen LogP contribution is -2.40. The minimum absolute atomic E-state index is 0.323. The van der Waals surface area contributed by atoms with Crippen LogP contribution in [0.5, 0.6) is 0 Å². The number of piperidine rings is 1. The maximum Gasteiger partial charge on any atom is 0.0893 e. The van der Waals surface area contributed by atoms with Crippen molar-refractivity contribution in [2.45, 2.75) is 68.4 Å². The largest absolute Gasteiger partial charge is 0.381 e. The first-order valence-corrected chi connectivity index (χ1v) is 11.1. The van der Waals surface area contributed by atoms with E-state index in [9.17, 15) is 0 Å². The van der Waals surface area contributed by atoms with E-state index in [1.165, 1.54) is 80.6 Å². The lowest BCUT2D eigenvalue weighted by atomic mass is 9.78. The molecule has 0 amide bonds. The minimum atomic E-state index is 0.323. The molecule has 4 heteroatoms. The van der Waals surface area contributed by atoms with Crippen molar-refractivity contribution >= 4 is 17.6 Å². The molecule has 136 valence electrons. The molecule has 3 heterocycles. The smallest absolute Gasteiger partial charge is 0.0893 e. The Labute approximate surface area is 156 Å². The lowest BCUT2D eigenvalue weighted by Gasteiger charge is -2.39. The number of hydrogen-bond acceptors (Lipinski definition) is 4. The molecular weight excluding hydrogens is 328 g/mol. The molecule has 25 heavy (non-hydrogen) atoms. The van der Waals surface area contributed by atoms with Gasteiger partial charge in [0.05, 0.1) is 6.10 Å². The van der Waals surface area contributed by atoms with E-state index >= 15 is 0 Å². The van der Waals surface area contributed by atoms with Crippen molar-refractivity contribution in [2.75, 3.05) is 25.0 Å². The maximum atomic E-state index is 6.26. The molecule has 0 radical (unpaired) electrons. The Balaban J connectivity index is 1.38. The summed E-state index contributed by atoms with van der Waals surface area (Å²) < 4.78 is 8.79. The fourth-order valence-electron chi connectivity index (χ4n) is 5.43. The van der Waals surface area contributed by atoms with Gasteiger partial charge in [0.1, 0.15) is 0 Å². The van der Waals surface area contributed by atoms with Crippen LogP contribution in [0, 0.1) is 11.8 Å². The Bertz CT molecular complexity index is 610. The zero-order valence-corrected chi connectivity index (χ0v) is 15.9. The second-order valence-corrected chi connectivity index (χ2v) is 9.46. The van der Waals surface area contributed by atoms with Gasteiger partial charge in [0.2, 0.25) is 0 Å². The zero-order valence-electron chi connectivity index (χ0n) is 15.1. The molecule has 1 aromatic carbocycles. The Hall–Kier alpha value is -0.710. The number of benzene rings is 1. The number of hydrogen-bond donors (Lipinski definition) is 1. The molecule has 3 aliphatic heterocycles. The predicted octanol–water partition coefficient (Wildman–Crippen LogP) is 5.24. The van der Waals surface area contributed by atoms with Crippen molar-refractivity contribution in [3.63, 3.8) is 0 Å². The molecule has 1 saturated carbocycles. The second kappa shape index (κ2) is 7.13. The molecule has 0 bridgehead atoms. The van der Waals surface area contributed by atoms with E-state index in [1.807, 2.05) is 11.9 Å². The van der Waals surface area contributed by atoms with Crippen LogP contribution in [0.1, 0.15) is 63.0 Å². The molecule has 3 atom stereocenters. The number of ether oxygens (including phenoxy) is 1. The average molecular weight is 359 g/mol. The summed E-state index contributed by atoms with van der Waals surface area (Å²) in [6.07, 6.45) is 11.3. The fraction of sp³-hybridized carbons (Fsp3) is 0.714. The van der Waals surface area contributed by atoms with Crippen LogP contribution in [0.15, 0.2) is 23.1 Å². The van der Waals surface area contributed by atoms with Crippen LogP contribution in [-0.4, -0.2) is 30.0 Å². The molecule has 1 N–H and O–H groups in total. The fourth-order valence-corrected chi connectivity index (χ4v) is 6.48. The first-order chi connectivity index (χ1) is 12.4. The molecule has 4 aliphatic rings. The highest BCUT2D eigenvalue weighted by molar-refractivity contribution is 7.97. The average Bonchev–Trinajstić information content (AvgIpc) is 3.34. The van der Waals surface area contributed by atoms with Gasteiger partial charge in [-0.05, 0) is 68.2 Å². The van der Waals surface area contributed by atoms with Gasteiger partial charge >= 0.3 is 0 Å². The van der Waals surface area contributed by atoms with E-state index in [0.717, 1.165) is 12.5 Å². The lowest BCUT2D eigenvalue weighted by molar-refractivity contribution is 0.0765. The molecule has 2 saturated heterocycles. The van der Waals surface area contributed by atoms with E-state index in [4.69, 9.17) is 4.74 Å².